The maximum Gasteiger partial charge on any atom is 0.128 e. The lowest BCUT2D eigenvalue weighted by atomic mass is 10.0. The van der Waals surface area contributed by atoms with Gasteiger partial charge in [-0.25, -0.2) is 0 Å². The summed E-state index contributed by atoms with van der Waals surface area (Å²) in [5, 5.41) is 13.3. The second kappa shape index (κ2) is 9.14. The van der Waals surface area contributed by atoms with Crippen molar-refractivity contribution in [3.8, 4) is 5.75 Å². The van der Waals surface area contributed by atoms with E-state index in [0.29, 0.717) is 0 Å². The molecular formula is C23H26NO2P. The van der Waals surface area contributed by atoms with Crippen molar-refractivity contribution < 1.29 is 9.84 Å². The van der Waals surface area contributed by atoms with Gasteiger partial charge in [0.2, 0.25) is 0 Å². The maximum absolute atomic E-state index is 11.0. The van der Waals surface area contributed by atoms with Gasteiger partial charge in [-0.2, -0.15) is 0 Å². The van der Waals surface area contributed by atoms with E-state index in [1.54, 1.807) is 7.11 Å². The van der Waals surface area contributed by atoms with E-state index in [-0.39, 0.29) is 6.04 Å². The van der Waals surface area contributed by atoms with Crippen LogP contribution in [0.4, 0.5) is 0 Å². The maximum atomic E-state index is 11.0. The van der Waals surface area contributed by atoms with Crippen LogP contribution >= 0.6 is 8.07 Å². The normalized spacial score (nSPS) is 14.6. The van der Waals surface area contributed by atoms with Crippen LogP contribution in [0.25, 0.3) is 0 Å². The SMILES string of the molecule is COc1ccccc1P(c1ccccc1)N(C)[C@@H](C)[C@@H](O)c1ccccc1. The summed E-state index contributed by atoms with van der Waals surface area (Å²) in [6.45, 7) is 2.07. The Balaban J connectivity index is 2.00. The number of methoxy groups -OCH3 is 1. The average Bonchev–Trinajstić information content (AvgIpc) is 2.74. The lowest BCUT2D eigenvalue weighted by Gasteiger charge is -2.36. The van der Waals surface area contributed by atoms with E-state index in [2.05, 4.69) is 49.0 Å². The third-order valence-corrected chi connectivity index (χ3v) is 7.43. The largest absolute Gasteiger partial charge is 0.496 e. The fourth-order valence-corrected chi connectivity index (χ4v) is 5.71. The smallest absolute Gasteiger partial charge is 0.128 e. The summed E-state index contributed by atoms with van der Waals surface area (Å²) in [6, 6.07) is 28.4. The molecule has 0 heterocycles. The molecule has 4 heteroatoms. The van der Waals surface area contributed by atoms with Crippen LogP contribution in [-0.2, 0) is 0 Å². The molecule has 0 aromatic heterocycles. The zero-order valence-electron chi connectivity index (χ0n) is 16.0. The molecule has 0 aliphatic rings. The number of aliphatic hydroxyl groups is 1. The summed E-state index contributed by atoms with van der Waals surface area (Å²) in [5.41, 5.74) is 0.930. The quantitative estimate of drug-likeness (QED) is 0.628. The van der Waals surface area contributed by atoms with E-state index >= 15 is 0 Å². The Morgan fingerprint density at radius 3 is 2.04 bits per heavy atom. The van der Waals surface area contributed by atoms with Gasteiger partial charge in [-0.05, 0) is 37.0 Å². The molecule has 0 fully saturated rings. The van der Waals surface area contributed by atoms with Crippen molar-refractivity contribution >= 4 is 18.7 Å². The highest BCUT2D eigenvalue weighted by molar-refractivity contribution is 7.71. The topological polar surface area (TPSA) is 32.7 Å². The van der Waals surface area contributed by atoms with Gasteiger partial charge in [-0.15, -0.1) is 0 Å². The first-order valence-electron chi connectivity index (χ1n) is 9.07. The molecule has 3 aromatic rings. The molecule has 0 radical (unpaired) electrons. The molecule has 3 atom stereocenters. The molecule has 1 N–H and O–H groups in total. The molecule has 0 saturated carbocycles. The van der Waals surface area contributed by atoms with Crippen molar-refractivity contribution in [3.05, 3.63) is 90.5 Å². The van der Waals surface area contributed by atoms with Crippen LogP contribution in [0.3, 0.4) is 0 Å². The monoisotopic (exact) mass is 379 g/mol. The summed E-state index contributed by atoms with van der Waals surface area (Å²) in [4.78, 5) is 0. The number of ether oxygens (including phenoxy) is 1. The minimum atomic E-state index is -0.853. The van der Waals surface area contributed by atoms with Crippen LogP contribution in [0.2, 0.25) is 0 Å². The predicted molar refractivity (Wildman–Crippen MR) is 114 cm³/mol. The third-order valence-electron chi connectivity index (χ3n) is 4.82. The second-order valence-corrected chi connectivity index (χ2v) is 8.74. The van der Waals surface area contributed by atoms with Gasteiger partial charge < -0.3 is 9.84 Å². The highest BCUT2D eigenvalue weighted by atomic mass is 31.1. The van der Waals surface area contributed by atoms with Crippen LogP contribution < -0.4 is 15.3 Å². The predicted octanol–water partition coefficient (Wildman–Crippen LogP) is 4.10. The fourth-order valence-electron chi connectivity index (χ4n) is 3.18. The van der Waals surface area contributed by atoms with Gasteiger partial charge in [0.15, 0.2) is 0 Å². The Labute approximate surface area is 163 Å². The zero-order chi connectivity index (χ0) is 19.2. The van der Waals surface area contributed by atoms with E-state index in [1.165, 1.54) is 5.30 Å². The second-order valence-electron chi connectivity index (χ2n) is 6.49. The number of hydrogen-bond donors (Lipinski definition) is 1. The average molecular weight is 379 g/mol. The Bertz CT molecular complexity index is 841. The standard InChI is InChI=1S/C23H26NO2P/c1-18(23(25)19-12-6-4-7-13-19)24(2)27(20-14-8-5-9-15-20)22-17-11-10-16-21(22)26-3/h4-18,23,25H,1-3H3/t18-,23+,27?/m0/s1. The van der Waals surface area contributed by atoms with Gasteiger partial charge >= 0.3 is 0 Å². The molecule has 140 valence electrons. The number of nitrogens with zero attached hydrogens (tertiary/aromatic N) is 1. The van der Waals surface area contributed by atoms with Gasteiger partial charge in [-0.3, -0.25) is 4.67 Å². The number of rotatable bonds is 7. The minimum absolute atomic E-state index is 0.0661. The number of benzene rings is 3. The van der Waals surface area contributed by atoms with E-state index in [1.807, 2.05) is 54.6 Å². The molecule has 0 bridgehead atoms. The molecule has 0 aliphatic carbocycles. The van der Waals surface area contributed by atoms with Gasteiger partial charge in [0.1, 0.15) is 5.75 Å². The van der Waals surface area contributed by atoms with Gasteiger partial charge in [-0.1, -0.05) is 72.8 Å². The summed E-state index contributed by atoms with van der Waals surface area (Å²) in [6.07, 6.45) is -0.570. The first kappa shape index (κ1) is 19.6. The van der Waals surface area contributed by atoms with Crippen molar-refractivity contribution in [2.75, 3.05) is 14.2 Å². The lowest BCUT2D eigenvalue weighted by molar-refractivity contribution is 0.110. The van der Waals surface area contributed by atoms with E-state index in [4.69, 9.17) is 4.74 Å². The summed E-state index contributed by atoms with van der Waals surface area (Å²) >= 11 is 0. The third kappa shape index (κ3) is 4.39. The van der Waals surface area contributed by atoms with Crippen molar-refractivity contribution in [1.82, 2.24) is 4.67 Å². The Hall–Kier alpha value is -2.19. The van der Waals surface area contributed by atoms with E-state index in [0.717, 1.165) is 16.6 Å². The molecule has 3 aromatic carbocycles. The zero-order valence-corrected chi connectivity index (χ0v) is 16.9. The Morgan fingerprint density at radius 2 is 1.41 bits per heavy atom. The van der Waals surface area contributed by atoms with Crippen LogP contribution in [0.5, 0.6) is 5.75 Å². The van der Waals surface area contributed by atoms with Gasteiger partial charge in [0.05, 0.1) is 13.2 Å². The minimum Gasteiger partial charge on any atom is -0.496 e. The number of aliphatic hydroxyl groups excluding tert-OH is 1. The molecule has 0 saturated heterocycles. The molecular weight excluding hydrogens is 353 g/mol. The first-order chi connectivity index (χ1) is 13.1. The van der Waals surface area contributed by atoms with Crippen molar-refractivity contribution in [2.45, 2.75) is 19.1 Å². The Morgan fingerprint density at radius 1 is 0.852 bits per heavy atom. The first-order valence-corrected chi connectivity index (χ1v) is 10.4. The van der Waals surface area contributed by atoms with Crippen LogP contribution in [0.15, 0.2) is 84.9 Å². The number of likely N-dealkylation sites (N-methyl/N-ethyl adjacent to an activating group) is 1. The molecule has 0 amide bonds. The van der Waals surface area contributed by atoms with E-state index in [9.17, 15) is 5.11 Å². The molecule has 27 heavy (non-hydrogen) atoms. The summed E-state index contributed by atoms with van der Waals surface area (Å²) < 4.78 is 7.93. The lowest BCUT2D eigenvalue weighted by Crippen LogP contribution is -2.36. The van der Waals surface area contributed by atoms with Crippen molar-refractivity contribution in [3.63, 3.8) is 0 Å². The number of para-hydroxylation sites is 1. The summed E-state index contributed by atoms with van der Waals surface area (Å²) in [7, 11) is 2.94. The molecule has 3 nitrogen and oxygen atoms in total. The van der Waals surface area contributed by atoms with Gasteiger partial charge in [0.25, 0.3) is 0 Å². The number of hydrogen-bond acceptors (Lipinski definition) is 3. The van der Waals surface area contributed by atoms with E-state index < -0.39 is 14.2 Å². The van der Waals surface area contributed by atoms with Crippen LogP contribution in [0.1, 0.15) is 18.6 Å². The molecule has 1 unspecified atom stereocenters. The van der Waals surface area contributed by atoms with Crippen molar-refractivity contribution in [1.29, 1.82) is 0 Å². The van der Waals surface area contributed by atoms with Gasteiger partial charge in [0, 0.05) is 19.4 Å². The van der Waals surface area contributed by atoms with Crippen LogP contribution in [0, 0.1) is 0 Å². The Kier molecular flexibility index (Phi) is 6.63. The highest BCUT2D eigenvalue weighted by Gasteiger charge is 2.29. The van der Waals surface area contributed by atoms with Crippen LogP contribution in [-0.4, -0.2) is 30.0 Å². The molecule has 3 rings (SSSR count). The molecule has 0 aliphatic heterocycles. The van der Waals surface area contributed by atoms with Crippen molar-refractivity contribution in [2.24, 2.45) is 0 Å². The fraction of sp³-hybridized carbons (Fsp3) is 0.217. The summed E-state index contributed by atoms with van der Waals surface area (Å²) in [5.74, 6) is 0.876. The molecule has 0 spiro atoms. The highest BCUT2D eigenvalue weighted by Crippen LogP contribution is 2.43.